The number of hydrogen-bond acceptors (Lipinski definition) is 4. The van der Waals surface area contributed by atoms with Crippen molar-refractivity contribution >= 4 is 40.4 Å². The zero-order chi connectivity index (χ0) is 15.2. The Morgan fingerprint density at radius 1 is 1.43 bits per heavy atom. The first-order chi connectivity index (χ1) is 10.1. The van der Waals surface area contributed by atoms with Crippen molar-refractivity contribution in [3.63, 3.8) is 0 Å². The van der Waals surface area contributed by atoms with E-state index in [0.29, 0.717) is 15.8 Å². The van der Waals surface area contributed by atoms with Crippen LogP contribution >= 0.6 is 34.5 Å². The normalized spacial score (nSPS) is 11.5. The molecule has 1 aromatic carbocycles. The molecule has 0 radical (unpaired) electrons. The highest BCUT2D eigenvalue weighted by Gasteiger charge is 2.15. The van der Waals surface area contributed by atoms with Gasteiger partial charge in [0.25, 0.3) is 5.91 Å². The van der Waals surface area contributed by atoms with Crippen molar-refractivity contribution in [2.75, 3.05) is 6.61 Å². The molecule has 2 rings (SSSR count). The maximum Gasteiger partial charge on any atom is 0.259 e. The molecular weight excluding hydrogens is 331 g/mol. The topological polar surface area (TPSA) is 62.1 Å². The van der Waals surface area contributed by atoms with Crippen LogP contribution in [-0.4, -0.2) is 12.5 Å². The van der Waals surface area contributed by atoms with E-state index in [-0.39, 0.29) is 6.61 Å². The molecule has 0 aliphatic rings. The van der Waals surface area contributed by atoms with E-state index < -0.39 is 11.9 Å². The van der Waals surface area contributed by atoms with Crippen molar-refractivity contribution < 1.29 is 9.53 Å². The molecule has 0 aliphatic carbocycles. The highest BCUT2D eigenvalue weighted by molar-refractivity contribution is 7.10. The van der Waals surface area contributed by atoms with Gasteiger partial charge in [0.15, 0.2) is 12.6 Å². The second kappa shape index (κ2) is 7.32. The summed E-state index contributed by atoms with van der Waals surface area (Å²) in [6, 6.07) is 9.69. The molecular formula is C14H10Cl2N2O2S. The van der Waals surface area contributed by atoms with Gasteiger partial charge in [-0.05, 0) is 29.6 Å². The van der Waals surface area contributed by atoms with Crippen molar-refractivity contribution in [2.24, 2.45) is 0 Å². The number of halogens is 2. The molecule has 21 heavy (non-hydrogen) atoms. The van der Waals surface area contributed by atoms with E-state index in [2.05, 4.69) is 5.32 Å². The minimum Gasteiger partial charge on any atom is -0.482 e. The number of ether oxygens (including phenoxy) is 1. The molecule has 1 N–H and O–H groups in total. The highest BCUT2D eigenvalue weighted by Crippen LogP contribution is 2.27. The number of nitrogens with zero attached hydrogens (tertiary/aromatic N) is 1. The van der Waals surface area contributed by atoms with Crippen LogP contribution in [0, 0.1) is 11.3 Å². The Hall–Kier alpha value is -1.74. The maximum absolute atomic E-state index is 11.8. The van der Waals surface area contributed by atoms with Crippen LogP contribution in [0.4, 0.5) is 0 Å². The molecule has 108 valence electrons. The standard InChI is InChI=1S/C14H10Cl2N2O2S/c15-9-3-4-12(10(16)6-9)20-8-14(19)18-11(7-17)13-2-1-5-21-13/h1-6,11H,8H2,(H,18,19). The number of carbonyl (C=O) groups is 1. The Bertz CT molecular complexity index is 668. The van der Waals surface area contributed by atoms with Crippen LogP contribution in [0.1, 0.15) is 10.9 Å². The first-order valence-corrected chi connectivity index (χ1v) is 7.54. The number of benzene rings is 1. The first-order valence-electron chi connectivity index (χ1n) is 5.90. The molecule has 1 heterocycles. The smallest absolute Gasteiger partial charge is 0.259 e. The van der Waals surface area contributed by atoms with Gasteiger partial charge in [-0.15, -0.1) is 11.3 Å². The number of thiophene rings is 1. The molecule has 0 saturated heterocycles. The predicted molar refractivity (Wildman–Crippen MR) is 82.8 cm³/mol. The average molecular weight is 341 g/mol. The van der Waals surface area contributed by atoms with Crippen LogP contribution in [0.3, 0.4) is 0 Å². The van der Waals surface area contributed by atoms with Crippen molar-refractivity contribution in [1.82, 2.24) is 5.32 Å². The molecule has 0 saturated carbocycles. The van der Waals surface area contributed by atoms with E-state index in [1.165, 1.54) is 17.4 Å². The lowest BCUT2D eigenvalue weighted by atomic mass is 10.2. The molecule has 1 unspecified atom stereocenters. The summed E-state index contributed by atoms with van der Waals surface area (Å²) in [6.07, 6.45) is 0. The van der Waals surface area contributed by atoms with E-state index >= 15 is 0 Å². The summed E-state index contributed by atoms with van der Waals surface area (Å²) in [7, 11) is 0. The molecule has 7 heteroatoms. The van der Waals surface area contributed by atoms with Gasteiger partial charge in [-0.2, -0.15) is 5.26 Å². The van der Waals surface area contributed by atoms with Crippen LogP contribution in [0.25, 0.3) is 0 Å². The largest absolute Gasteiger partial charge is 0.482 e. The summed E-state index contributed by atoms with van der Waals surface area (Å²) in [6.45, 7) is -0.231. The second-order valence-corrected chi connectivity index (χ2v) is 5.83. The molecule has 0 spiro atoms. The van der Waals surface area contributed by atoms with Gasteiger partial charge in [0, 0.05) is 9.90 Å². The average Bonchev–Trinajstić information content (AvgIpc) is 2.98. The van der Waals surface area contributed by atoms with Gasteiger partial charge in [-0.1, -0.05) is 29.3 Å². The third-order valence-electron chi connectivity index (χ3n) is 2.51. The Kier molecular flexibility index (Phi) is 5.45. The van der Waals surface area contributed by atoms with Crippen LogP contribution in [0.5, 0.6) is 5.75 Å². The lowest BCUT2D eigenvalue weighted by Gasteiger charge is -2.11. The molecule has 0 aliphatic heterocycles. The zero-order valence-electron chi connectivity index (χ0n) is 10.7. The number of rotatable bonds is 5. The van der Waals surface area contributed by atoms with Gasteiger partial charge in [-0.25, -0.2) is 0 Å². The van der Waals surface area contributed by atoms with Crippen LogP contribution in [-0.2, 0) is 4.79 Å². The van der Waals surface area contributed by atoms with E-state index in [1.54, 1.807) is 18.2 Å². The van der Waals surface area contributed by atoms with Gasteiger partial charge in [0.05, 0.1) is 11.1 Å². The molecule has 0 bridgehead atoms. The molecule has 1 atom stereocenters. The molecule has 4 nitrogen and oxygen atoms in total. The Labute approximate surface area is 135 Å². The van der Waals surface area contributed by atoms with Gasteiger partial charge in [-0.3, -0.25) is 4.79 Å². The summed E-state index contributed by atoms with van der Waals surface area (Å²) in [5, 5.41) is 14.3. The number of carbonyl (C=O) groups excluding carboxylic acids is 1. The fraction of sp³-hybridized carbons (Fsp3) is 0.143. The minimum absolute atomic E-state index is 0.231. The van der Waals surface area contributed by atoms with Crippen molar-refractivity contribution in [1.29, 1.82) is 5.26 Å². The number of nitrogens with one attached hydrogen (secondary N) is 1. The maximum atomic E-state index is 11.8. The quantitative estimate of drug-likeness (QED) is 0.899. The summed E-state index contributed by atoms with van der Waals surface area (Å²) < 4.78 is 5.31. The fourth-order valence-electron chi connectivity index (χ4n) is 1.56. The minimum atomic E-state index is -0.679. The zero-order valence-corrected chi connectivity index (χ0v) is 13.0. The van der Waals surface area contributed by atoms with E-state index in [0.717, 1.165) is 4.88 Å². The van der Waals surface area contributed by atoms with E-state index in [4.69, 9.17) is 33.2 Å². The highest BCUT2D eigenvalue weighted by atomic mass is 35.5. The lowest BCUT2D eigenvalue weighted by Crippen LogP contribution is -2.31. The second-order valence-electron chi connectivity index (χ2n) is 4.01. The summed E-state index contributed by atoms with van der Waals surface area (Å²) >= 11 is 13.1. The molecule has 2 aromatic rings. The van der Waals surface area contributed by atoms with Gasteiger partial charge in [0.2, 0.25) is 0 Å². The Balaban J connectivity index is 1.91. The number of nitriles is 1. The Morgan fingerprint density at radius 3 is 2.86 bits per heavy atom. The first kappa shape index (κ1) is 15.6. The van der Waals surface area contributed by atoms with Crippen molar-refractivity contribution in [3.05, 3.63) is 50.6 Å². The fourth-order valence-corrected chi connectivity index (χ4v) is 2.74. The van der Waals surface area contributed by atoms with Gasteiger partial charge >= 0.3 is 0 Å². The number of amides is 1. The van der Waals surface area contributed by atoms with E-state index in [9.17, 15) is 4.79 Å². The van der Waals surface area contributed by atoms with Gasteiger partial charge < -0.3 is 10.1 Å². The van der Waals surface area contributed by atoms with Crippen LogP contribution in [0.15, 0.2) is 35.7 Å². The predicted octanol–water partition coefficient (Wildman–Crippen LogP) is 3.81. The summed E-state index contributed by atoms with van der Waals surface area (Å²) in [5.41, 5.74) is 0. The van der Waals surface area contributed by atoms with Crippen molar-refractivity contribution in [2.45, 2.75) is 6.04 Å². The van der Waals surface area contributed by atoms with Crippen LogP contribution in [0.2, 0.25) is 10.0 Å². The molecule has 1 aromatic heterocycles. The third kappa shape index (κ3) is 4.36. The monoisotopic (exact) mass is 340 g/mol. The molecule has 0 fully saturated rings. The van der Waals surface area contributed by atoms with Crippen LogP contribution < -0.4 is 10.1 Å². The number of hydrogen-bond donors (Lipinski definition) is 1. The van der Waals surface area contributed by atoms with Crippen molar-refractivity contribution in [3.8, 4) is 11.8 Å². The lowest BCUT2D eigenvalue weighted by molar-refractivity contribution is -0.123. The Morgan fingerprint density at radius 2 is 2.24 bits per heavy atom. The SMILES string of the molecule is N#CC(NC(=O)COc1ccc(Cl)cc1Cl)c1cccs1. The summed E-state index contributed by atoms with van der Waals surface area (Å²) in [4.78, 5) is 12.6. The van der Waals surface area contributed by atoms with Gasteiger partial charge in [0.1, 0.15) is 5.75 Å². The third-order valence-corrected chi connectivity index (χ3v) is 3.98. The van der Waals surface area contributed by atoms with E-state index in [1.807, 2.05) is 17.5 Å². The molecule has 1 amide bonds. The summed E-state index contributed by atoms with van der Waals surface area (Å²) in [5.74, 6) is -0.0400.